The summed E-state index contributed by atoms with van der Waals surface area (Å²) in [4.78, 5) is 72.9. The van der Waals surface area contributed by atoms with E-state index in [-0.39, 0.29) is 25.7 Å². The molecule has 0 rings (SSSR count). The highest BCUT2D eigenvalue weighted by Crippen LogP contribution is 2.45. The summed E-state index contributed by atoms with van der Waals surface area (Å²) in [7, 11) is -9.91. The van der Waals surface area contributed by atoms with Crippen molar-refractivity contribution in [2.24, 2.45) is 17.8 Å². The van der Waals surface area contributed by atoms with Gasteiger partial charge in [-0.1, -0.05) is 350 Å². The predicted molar refractivity (Wildman–Crippen MR) is 395 cm³/mol. The van der Waals surface area contributed by atoms with Gasteiger partial charge in [-0.15, -0.1) is 0 Å². The van der Waals surface area contributed by atoms with Crippen LogP contribution in [-0.4, -0.2) is 96.7 Å². The van der Waals surface area contributed by atoms with Gasteiger partial charge in [0.2, 0.25) is 0 Å². The molecule has 0 aromatic carbocycles. The van der Waals surface area contributed by atoms with Crippen molar-refractivity contribution in [3.8, 4) is 0 Å². The van der Waals surface area contributed by atoms with E-state index in [1.54, 1.807) is 0 Å². The van der Waals surface area contributed by atoms with Crippen molar-refractivity contribution >= 4 is 39.5 Å². The summed E-state index contributed by atoms with van der Waals surface area (Å²) in [6.07, 6.45) is 55.7. The standard InChI is InChI=1S/C78H152O17P2/c1-8-10-11-12-13-14-15-16-17-18-19-20-21-26-29-32-38-47-54-61-77(82)94-73(65-88-75(80)59-52-45-37-31-28-25-23-22-24-27-30-35-42-49-56-69(3)4)67-92-96(84,85)90-63-72(79)64-91-97(86,87)93-68-74(66-89-76(81)60-53-46-41-40-44-51-58-71(7)9-2)95-78(83)62-55-48-39-34-33-36-43-50-57-70(5)6/h69-74,79H,8-68H2,1-7H3,(H,84,85)(H,86,87)/t71?,72-,73-,74-/m1/s1. The molecule has 0 aliphatic rings. The van der Waals surface area contributed by atoms with Gasteiger partial charge in [0.05, 0.1) is 26.4 Å². The van der Waals surface area contributed by atoms with Crippen LogP contribution in [0.4, 0.5) is 0 Å². The lowest BCUT2D eigenvalue weighted by molar-refractivity contribution is -0.161. The van der Waals surface area contributed by atoms with Gasteiger partial charge < -0.3 is 33.8 Å². The van der Waals surface area contributed by atoms with E-state index in [4.69, 9.17) is 37.0 Å². The van der Waals surface area contributed by atoms with Crippen LogP contribution in [0.25, 0.3) is 0 Å². The van der Waals surface area contributed by atoms with Gasteiger partial charge in [0.15, 0.2) is 12.2 Å². The summed E-state index contributed by atoms with van der Waals surface area (Å²) in [5, 5.41) is 10.6. The van der Waals surface area contributed by atoms with Gasteiger partial charge in [0, 0.05) is 25.7 Å². The van der Waals surface area contributed by atoms with Crippen LogP contribution in [0.1, 0.15) is 402 Å². The van der Waals surface area contributed by atoms with Crippen molar-refractivity contribution in [2.45, 2.75) is 420 Å². The summed E-state index contributed by atoms with van der Waals surface area (Å²) < 4.78 is 68.6. The topological polar surface area (TPSA) is 237 Å². The Morgan fingerprint density at radius 3 is 0.784 bits per heavy atom. The number of hydrogen-bond acceptors (Lipinski definition) is 15. The number of carbonyl (C=O) groups is 4. The third-order valence-corrected chi connectivity index (χ3v) is 20.4. The Hall–Kier alpha value is -1.94. The normalized spacial score (nSPS) is 14.3. The maximum Gasteiger partial charge on any atom is 0.472 e. The average Bonchev–Trinajstić information content (AvgIpc) is 1.84. The van der Waals surface area contributed by atoms with Crippen LogP contribution in [0.5, 0.6) is 0 Å². The highest BCUT2D eigenvalue weighted by atomic mass is 31.2. The number of aliphatic hydroxyl groups is 1. The third kappa shape index (κ3) is 70.9. The van der Waals surface area contributed by atoms with E-state index in [1.807, 2.05) is 0 Å². The Kier molecular flexibility index (Phi) is 67.1. The maximum atomic E-state index is 13.1. The van der Waals surface area contributed by atoms with Gasteiger partial charge in [-0.3, -0.25) is 37.3 Å². The van der Waals surface area contributed by atoms with Crippen LogP contribution in [0.15, 0.2) is 0 Å². The molecule has 0 fully saturated rings. The van der Waals surface area contributed by atoms with E-state index in [1.165, 1.54) is 205 Å². The number of ether oxygens (including phenoxy) is 4. The lowest BCUT2D eigenvalue weighted by Crippen LogP contribution is -2.30. The molecule has 0 aromatic rings. The molecule has 19 heteroatoms. The van der Waals surface area contributed by atoms with Crippen LogP contribution in [0.2, 0.25) is 0 Å². The first kappa shape index (κ1) is 95.1. The monoisotopic (exact) mass is 1420 g/mol. The number of carbonyl (C=O) groups excluding carboxylic acids is 4. The Morgan fingerprint density at radius 1 is 0.299 bits per heavy atom. The fourth-order valence-corrected chi connectivity index (χ4v) is 13.5. The molecular formula is C78H152O17P2. The lowest BCUT2D eigenvalue weighted by Gasteiger charge is -2.21. The SMILES string of the molecule is CCCCCCCCCCCCCCCCCCCCCC(=O)O[C@H](COC(=O)CCCCCCCCCCCCCCCCC(C)C)COP(=O)(O)OC[C@@H](O)COP(=O)(O)OC[C@@H](COC(=O)CCCCCCCCC(C)CC)OC(=O)CCCCCCCCCCC(C)C. The van der Waals surface area contributed by atoms with Gasteiger partial charge >= 0.3 is 39.5 Å². The minimum absolute atomic E-state index is 0.104. The first-order chi connectivity index (χ1) is 46.8. The highest BCUT2D eigenvalue weighted by Gasteiger charge is 2.30. The van der Waals surface area contributed by atoms with E-state index >= 15 is 0 Å². The molecular weight excluding hydrogens is 1270 g/mol. The zero-order valence-electron chi connectivity index (χ0n) is 63.5. The highest BCUT2D eigenvalue weighted by molar-refractivity contribution is 7.47. The molecule has 0 heterocycles. The Morgan fingerprint density at radius 2 is 0.526 bits per heavy atom. The molecule has 0 amide bonds. The van der Waals surface area contributed by atoms with E-state index < -0.39 is 97.5 Å². The molecule has 0 saturated carbocycles. The molecule has 0 spiro atoms. The number of aliphatic hydroxyl groups excluding tert-OH is 1. The van der Waals surface area contributed by atoms with Crippen molar-refractivity contribution < 1.29 is 80.2 Å². The van der Waals surface area contributed by atoms with Gasteiger partial charge in [0.1, 0.15) is 19.3 Å². The number of rotatable bonds is 76. The fourth-order valence-electron chi connectivity index (χ4n) is 11.9. The summed E-state index contributed by atoms with van der Waals surface area (Å²) in [6.45, 7) is 11.9. The molecule has 0 saturated heterocycles. The van der Waals surface area contributed by atoms with Crippen LogP contribution in [0, 0.1) is 17.8 Å². The van der Waals surface area contributed by atoms with Gasteiger partial charge in [-0.2, -0.15) is 0 Å². The summed E-state index contributed by atoms with van der Waals surface area (Å²) in [5.41, 5.74) is 0. The lowest BCUT2D eigenvalue weighted by atomic mass is 10.00. The Labute approximate surface area is 594 Å². The molecule has 17 nitrogen and oxygen atoms in total. The molecule has 0 aliphatic carbocycles. The molecule has 0 aliphatic heterocycles. The number of hydrogen-bond donors (Lipinski definition) is 3. The zero-order chi connectivity index (χ0) is 71.6. The second-order valence-corrected chi connectivity index (χ2v) is 32.2. The molecule has 0 bridgehead atoms. The number of phosphoric ester groups is 2. The van der Waals surface area contributed by atoms with Crippen LogP contribution in [0.3, 0.4) is 0 Å². The van der Waals surface area contributed by atoms with E-state index in [0.29, 0.717) is 25.7 Å². The van der Waals surface area contributed by atoms with E-state index in [9.17, 15) is 43.2 Å². The molecule has 97 heavy (non-hydrogen) atoms. The molecule has 3 N–H and O–H groups in total. The second kappa shape index (κ2) is 68.5. The number of phosphoric acid groups is 2. The fraction of sp³-hybridized carbons (Fsp3) is 0.949. The van der Waals surface area contributed by atoms with Crippen molar-refractivity contribution in [2.75, 3.05) is 39.6 Å². The van der Waals surface area contributed by atoms with Crippen LogP contribution >= 0.6 is 15.6 Å². The number of unbranched alkanes of at least 4 members (excludes halogenated alkanes) is 43. The molecule has 0 aromatic heterocycles. The zero-order valence-corrected chi connectivity index (χ0v) is 65.3. The third-order valence-electron chi connectivity index (χ3n) is 18.5. The smallest absolute Gasteiger partial charge is 0.462 e. The molecule has 0 radical (unpaired) electrons. The van der Waals surface area contributed by atoms with E-state index in [0.717, 1.165) is 114 Å². The molecule has 3 unspecified atom stereocenters. The second-order valence-electron chi connectivity index (χ2n) is 29.3. The quantitative estimate of drug-likeness (QED) is 0.0222. The predicted octanol–water partition coefficient (Wildman–Crippen LogP) is 23.0. The maximum absolute atomic E-state index is 13.1. The summed E-state index contributed by atoms with van der Waals surface area (Å²) in [6, 6.07) is 0. The largest absolute Gasteiger partial charge is 0.472 e. The summed E-state index contributed by atoms with van der Waals surface area (Å²) in [5.74, 6) is 0.130. The Bertz CT molecular complexity index is 1890. The van der Waals surface area contributed by atoms with Crippen molar-refractivity contribution in [3.63, 3.8) is 0 Å². The first-order valence-electron chi connectivity index (χ1n) is 40.4. The average molecular weight is 1420 g/mol. The Balaban J connectivity index is 5.23. The molecule has 576 valence electrons. The van der Waals surface area contributed by atoms with Crippen molar-refractivity contribution in [1.29, 1.82) is 0 Å². The van der Waals surface area contributed by atoms with Crippen LogP contribution in [-0.2, 0) is 65.4 Å². The first-order valence-corrected chi connectivity index (χ1v) is 43.4. The summed E-state index contributed by atoms with van der Waals surface area (Å²) >= 11 is 0. The minimum Gasteiger partial charge on any atom is -0.462 e. The van der Waals surface area contributed by atoms with Gasteiger partial charge in [0.25, 0.3) is 0 Å². The van der Waals surface area contributed by atoms with Gasteiger partial charge in [-0.25, -0.2) is 9.13 Å². The van der Waals surface area contributed by atoms with Gasteiger partial charge in [-0.05, 0) is 43.4 Å². The van der Waals surface area contributed by atoms with Crippen LogP contribution < -0.4 is 0 Å². The van der Waals surface area contributed by atoms with Crippen molar-refractivity contribution in [1.82, 2.24) is 0 Å². The van der Waals surface area contributed by atoms with Crippen molar-refractivity contribution in [3.05, 3.63) is 0 Å². The minimum atomic E-state index is -4.96. The number of esters is 4. The molecule has 6 atom stereocenters. The van der Waals surface area contributed by atoms with E-state index in [2.05, 4.69) is 48.5 Å².